The predicted molar refractivity (Wildman–Crippen MR) is 94.7 cm³/mol. The van der Waals surface area contributed by atoms with E-state index in [1.54, 1.807) is 0 Å². The Hall–Kier alpha value is -2.26. The maximum absolute atomic E-state index is 13.1. The molecule has 1 heterocycles. The Kier molecular flexibility index (Phi) is 3.58. The van der Waals surface area contributed by atoms with Gasteiger partial charge in [-0.25, -0.2) is 0 Å². The number of rotatable bonds is 1. The number of nitrogens with zero attached hydrogens (tertiary/aromatic N) is 1. The summed E-state index contributed by atoms with van der Waals surface area (Å²) in [5.41, 5.74) is 5.53. The van der Waals surface area contributed by atoms with Crippen LogP contribution in [-0.2, 0) is 12.8 Å². The molecule has 112 valence electrons. The second-order valence-corrected chi connectivity index (χ2v) is 6.54. The molecular weight excluding hydrogens is 350 g/mol. The Labute approximate surface area is 143 Å². The molecule has 1 aromatic heterocycles. The molecule has 0 unspecified atom stereocenters. The summed E-state index contributed by atoms with van der Waals surface area (Å²) in [5.74, 6) is 0.0604. The minimum absolute atomic E-state index is 0.0604. The molecule has 0 saturated heterocycles. The van der Waals surface area contributed by atoms with Crippen LogP contribution in [-0.4, -0.2) is 10.8 Å². The molecule has 2 nitrogen and oxygen atoms in total. The molecule has 3 aromatic rings. The van der Waals surface area contributed by atoms with Crippen LogP contribution in [0.1, 0.15) is 27.2 Å². The van der Waals surface area contributed by atoms with Gasteiger partial charge in [0.2, 0.25) is 0 Å². The van der Waals surface area contributed by atoms with Crippen molar-refractivity contribution in [3.8, 4) is 11.1 Å². The highest BCUT2D eigenvalue weighted by Crippen LogP contribution is 2.31. The van der Waals surface area contributed by atoms with Gasteiger partial charge in [0, 0.05) is 27.4 Å². The Morgan fingerprint density at radius 1 is 0.913 bits per heavy atom. The van der Waals surface area contributed by atoms with Crippen LogP contribution in [0.25, 0.3) is 11.1 Å². The van der Waals surface area contributed by atoms with Gasteiger partial charge in [-0.1, -0.05) is 58.4 Å². The van der Waals surface area contributed by atoms with Gasteiger partial charge in [0.1, 0.15) is 0 Å². The number of carbonyl (C=O) groups is 1. The highest BCUT2D eigenvalue weighted by atomic mass is 79.9. The number of hydrogen-bond donors (Lipinski definition) is 0. The number of fused-ring (bicyclic) bond motifs is 2. The average molecular weight is 364 g/mol. The van der Waals surface area contributed by atoms with Crippen molar-refractivity contribution in [3.05, 3.63) is 87.7 Å². The van der Waals surface area contributed by atoms with Gasteiger partial charge in [0.15, 0.2) is 5.78 Å². The van der Waals surface area contributed by atoms with E-state index in [-0.39, 0.29) is 5.78 Å². The SMILES string of the molecule is O=C1c2cc(-c3ccccc3)cnc2CCc2cccc(Br)c21. The smallest absolute Gasteiger partial charge is 0.196 e. The molecule has 0 aliphatic heterocycles. The van der Waals surface area contributed by atoms with Gasteiger partial charge >= 0.3 is 0 Å². The van der Waals surface area contributed by atoms with E-state index < -0.39 is 0 Å². The third-order valence-corrected chi connectivity index (χ3v) is 4.94. The van der Waals surface area contributed by atoms with Gasteiger partial charge in [-0.2, -0.15) is 0 Å². The summed E-state index contributed by atoms with van der Waals surface area (Å²) in [6.45, 7) is 0. The highest BCUT2D eigenvalue weighted by molar-refractivity contribution is 9.10. The van der Waals surface area contributed by atoms with Crippen LogP contribution in [0, 0.1) is 0 Å². The summed E-state index contributed by atoms with van der Waals surface area (Å²) in [5, 5.41) is 0. The first-order chi connectivity index (χ1) is 11.2. The highest BCUT2D eigenvalue weighted by Gasteiger charge is 2.24. The van der Waals surface area contributed by atoms with E-state index in [1.165, 1.54) is 0 Å². The van der Waals surface area contributed by atoms with E-state index in [1.807, 2.05) is 60.8 Å². The first kappa shape index (κ1) is 14.3. The molecule has 0 fully saturated rings. The maximum Gasteiger partial charge on any atom is 0.196 e. The molecule has 0 bridgehead atoms. The summed E-state index contributed by atoms with van der Waals surface area (Å²) >= 11 is 3.53. The zero-order valence-electron chi connectivity index (χ0n) is 12.4. The zero-order valence-corrected chi connectivity index (χ0v) is 14.0. The largest absolute Gasteiger partial charge is 0.288 e. The van der Waals surface area contributed by atoms with Gasteiger partial charge in [-0.15, -0.1) is 0 Å². The number of halogens is 1. The quantitative estimate of drug-likeness (QED) is 0.619. The Morgan fingerprint density at radius 2 is 1.74 bits per heavy atom. The molecule has 1 aliphatic rings. The Balaban J connectivity index is 1.88. The van der Waals surface area contributed by atoms with Gasteiger partial charge in [-0.3, -0.25) is 9.78 Å². The van der Waals surface area contributed by atoms with Crippen molar-refractivity contribution in [1.82, 2.24) is 4.98 Å². The monoisotopic (exact) mass is 363 g/mol. The van der Waals surface area contributed by atoms with Crippen LogP contribution in [0.15, 0.2) is 65.3 Å². The first-order valence-corrected chi connectivity index (χ1v) is 8.40. The first-order valence-electron chi connectivity index (χ1n) is 7.60. The van der Waals surface area contributed by atoms with E-state index >= 15 is 0 Å². The zero-order chi connectivity index (χ0) is 15.8. The second-order valence-electron chi connectivity index (χ2n) is 5.69. The fraction of sp³-hybridized carbons (Fsp3) is 0.100. The molecule has 0 saturated carbocycles. The summed E-state index contributed by atoms with van der Waals surface area (Å²) in [7, 11) is 0. The molecule has 0 N–H and O–H groups in total. The van der Waals surface area contributed by atoms with Crippen LogP contribution in [0.4, 0.5) is 0 Å². The van der Waals surface area contributed by atoms with Gasteiger partial charge in [0.25, 0.3) is 0 Å². The van der Waals surface area contributed by atoms with Gasteiger partial charge < -0.3 is 0 Å². The average Bonchev–Trinajstić information content (AvgIpc) is 2.73. The molecule has 1 aliphatic carbocycles. The Bertz CT molecular complexity index is 903. The molecule has 0 radical (unpaired) electrons. The number of aryl methyl sites for hydroxylation is 2. The third kappa shape index (κ3) is 2.51. The van der Waals surface area contributed by atoms with E-state index in [0.29, 0.717) is 0 Å². The normalized spacial score (nSPS) is 13.2. The summed E-state index contributed by atoms with van der Waals surface area (Å²) < 4.78 is 0.859. The number of aromatic nitrogens is 1. The van der Waals surface area contributed by atoms with E-state index in [0.717, 1.165) is 50.8 Å². The molecular formula is C20H14BrNO. The molecule has 0 atom stereocenters. The van der Waals surface area contributed by atoms with Crippen molar-refractivity contribution in [3.63, 3.8) is 0 Å². The third-order valence-electron chi connectivity index (χ3n) is 4.28. The second kappa shape index (κ2) is 5.74. The lowest BCUT2D eigenvalue weighted by atomic mass is 9.98. The van der Waals surface area contributed by atoms with Gasteiger partial charge in [0.05, 0.1) is 5.69 Å². The fourth-order valence-electron chi connectivity index (χ4n) is 3.10. The summed E-state index contributed by atoms with van der Waals surface area (Å²) in [6, 6.07) is 18.0. The Morgan fingerprint density at radius 3 is 2.57 bits per heavy atom. The topological polar surface area (TPSA) is 30.0 Å². The predicted octanol–water partition coefficient (Wildman–Crippen LogP) is 4.84. The molecule has 0 spiro atoms. The van der Waals surface area contributed by atoms with E-state index in [9.17, 15) is 4.79 Å². The van der Waals surface area contributed by atoms with Gasteiger partial charge in [-0.05, 0) is 36.1 Å². The van der Waals surface area contributed by atoms with E-state index in [2.05, 4.69) is 20.9 Å². The summed E-state index contributed by atoms with van der Waals surface area (Å²) in [4.78, 5) is 17.6. The maximum atomic E-state index is 13.1. The van der Waals surface area contributed by atoms with Crippen LogP contribution < -0.4 is 0 Å². The number of carbonyl (C=O) groups excluding carboxylic acids is 1. The fourth-order valence-corrected chi connectivity index (χ4v) is 3.68. The number of benzene rings is 2. The van der Waals surface area contributed by atoms with Crippen molar-refractivity contribution < 1.29 is 4.79 Å². The summed E-state index contributed by atoms with van der Waals surface area (Å²) in [6.07, 6.45) is 3.50. The van der Waals surface area contributed by atoms with Crippen LogP contribution in [0.2, 0.25) is 0 Å². The van der Waals surface area contributed by atoms with Crippen molar-refractivity contribution in [2.24, 2.45) is 0 Å². The van der Waals surface area contributed by atoms with Crippen molar-refractivity contribution >= 4 is 21.7 Å². The molecule has 23 heavy (non-hydrogen) atoms. The van der Waals surface area contributed by atoms with Crippen LogP contribution >= 0.6 is 15.9 Å². The van der Waals surface area contributed by atoms with Crippen LogP contribution in [0.3, 0.4) is 0 Å². The minimum Gasteiger partial charge on any atom is -0.288 e. The van der Waals surface area contributed by atoms with Crippen molar-refractivity contribution in [2.45, 2.75) is 12.8 Å². The van der Waals surface area contributed by atoms with E-state index in [4.69, 9.17) is 0 Å². The number of pyridine rings is 1. The molecule has 0 amide bonds. The lowest BCUT2D eigenvalue weighted by molar-refractivity contribution is 0.103. The molecule has 3 heteroatoms. The number of hydrogen-bond acceptors (Lipinski definition) is 2. The molecule has 4 rings (SSSR count). The van der Waals surface area contributed by atoms with Crippen molar-refractivity contribution in [1.29, 1.82) is 0 Å². The van der Waals surface area contributed by atoms with Crippen molar-refractivity contribution in [2.75, 3.05) is 0 Å². The lowest BCUT2D eigenvalue weighted by Crippen LogP contribution is -2.06. The minimum atomic E-state index is 0.0604. The standard InChI is InChI=1S/C20H14BrNO/c21-17-8-4-7-14-9-10-18-16(20(23)19(14)17)11-15(12-22-18)13-5-2-1-3-6-13/h1-8,11-12H,9-10H2. The number of ketones is 1. The lowest BCUT2D eigenvalue weighted by Gasteiger charge is -2.09. The van der Waals surface area contributed by atoms with Crippen LogP contribution in [0.5, 0.6) is 0 Å². The molecule has 2 aromatic carbocycles.